The lowest BCUT2D eigenvalue weighted by atomic mass is 9.86. The molecule has 0 aliphatic carbocycles. The molecule has 0 radical (unpaired) electrons. The van der Waals surface area contributed by atoms with Gasteiger partial charge in [0.15, 0.2) is 5.11 Å². The van der Waals surface area contributed by atoms with Crippen molar-refractivity contribution in [3.8, 4) is 0 Å². The Labute approximate surface area is 127 Å². The minimum atomic E-state index is 0.165. The van der Waals surface area contributed by atoms with Crippen molar-refractivity contribution >= 4 is 23.0 Å². The Kier molecular flexibility index (Phi) is 5.89. The highest BCUT2D eigenvalue weighted by atomic mass is 32.1. The summed E-state index contributed by atoms with van der Waals surface area (Å²) in [4.78, 5) is 0. The second-order valence-electron chi connectivity index (χ2n) is 5.64. The molecule has 0 aliphatic heterocycles. The SMILES string of the molecule is C=CCNC(=S)NN=C(C)c1ccc(C(C)(C)C)cc1. The van der Waals surface area contributed by atoms with Gasteiger partial charge in [-0.25, -0.2) is 0 Å². The van der Waals surface area contributed by atoms with Crippen LogP contribution in [0, 0.1) is 0 Å². The second kappa shape index (κ2) is 7.20. The van der Waals surface area contributed by atoms with E-state index in [1.165, 1.54) is 5.56 Å². The summed E-state index contributed by atoms with van der Waals surface area (Å²) in [5.41, 5.74) is 6.27. The van der Waals surface area contributed by atoms with Gasteiger partial charge < -0.3 is 5.32 Å². The summed E-state index contributed by atoms with van der Waals surface area (Å²) >= 11 is 5.08. The summed E-state index contributed by atoms with van der Waals surface area (Å²) in [5.74, 6) is 0. The van der Waals surface area contributed by atoms with E-state index < -0.39 is 0 Å². The average molecular weight is 289 g/mol. The van der Waals surface area contributed by atoms with Crippen molar-refractivity contribution < 1.29 is 0 Å². The van der Waals surface area contributed by atoms with Gasteiger partial charge in [-0.3, -0.25) is 5.43 Å². The standard InChI is InChI=1S/C16H23N3S/c1-6-11-17-15(20)19-18-12(2)13-7-9-14(10-8-13)16(3,4)5/h6-10H,1,11H2,2-5H3,(H2,17,19,20). The van der Waals surface area contributed by atoms with Gasteiger partial charge in [0.05, 0.1) is 5.71 Å². The Hall–Kier alpha value is -1.68. The monoisotopic (exact) mass is 289 g/mol. The van der Waals surface area contributed by atoms with Crippen LogP contribution >= 0.6 is 12.2 Å². The number of rotatable bonds is 4. The van der Waals surface area contributed by atoms with Gasteiger partial charge in [-0.15, -0.1) is 6.58 Å². The molecular weight excluding hydrogens is 266 g/mol. The molecule has 0 unspecified atom stereocenters. The van der Waals surface area contributed by atoms with Crippen molar-refractivity contribution in [3.05, 3.63) is 48.0 Å². The Morgan fingerprint density at radius 3 is 2.40 bits per heavy atom. The zero-order valence-corrected chi connectivity index (χ0v) is 13.5. The Bertz CT molecular complexity index is 495. The summed E-state index contributed by atoms with van der Waals surface area (Å²) in [7, 11) is 0. The third kappa shape index (κ3) is 5.13. The molecule has 1 rings (SSSR count). The molecule has 0 atom stereocenters. The summed E-state index contributed by atoms with van der Waals surface area (Å²) in [6, 6.07) is 8.45. The first-order valence-corrected chi connectivity index (χ1v) is 7.05. The molecule has 108 valence electrons. The zero-order chi connectivity index (χ0) is 15.2. The lowest BCUT2D eigenvalue weighted by Gasteiger charge is -2.19. The van der Waals surface area contributed by atoms with Crippen molar-refractivity contribution in [3.63, 3.8) is 0 Å². The van der Waals surface area contributed by atoms with E-state index in [-0.39, 0.29) is 5.41 Å². The van der Waals surface area contributed by atoms with Crippen molar-refractivity contribution in [2.75, 3.05) is 6.54 Å². The third-order valence-corrected chi connectivity index (χ3v) is 3.14. The van der Waals surface area contributed by atoms with Crippen LogP contribution in [0.25, 0.3) is 0 Å². The largest absolute Gasteiger partial charge is 0.358 e. The summed E-state index contributed by atoms with van der Waals surface area (Å²) in [6.45, 7) is 12.8. The number of nitrogens with one attached hydrogen (secondary N) is 2. The minimum Gasteiger partial charge on any atom is -0.358 e. The highest BCUT2D eigenvalue weighted by Gasteiger charge is 2.13. The number of hydrazone groups is 1. The molecule has 0 heterocycles. The lowest BCUT2D eigenvalue weighted by molar-refractivity contribution is 0.590. The summed E-state index contributed by atoms with van der Waals surface area (Å²) < 4.78 is 0. The second-order valence-corrected chi connectivity index (χ2v) is 6.04. The smallest absolute Gasteiger partial charge is 0.187 e. The van der Waals surface area contributed by atoms with Gasteiger partial charge >= 0.3 is 0 Å². The van der Waals surface area contributed by atoms with E-state index in [1.807, 2.05) is 6.92 Å². The van der Waals surface area contributed by atoms with Crippen molar-refractivity contribution in [2.45, 2.75) is 33.1 Å². The zero-order valence-electron chi connectivity index (χ0n) is 12.7. The molecule has 0 amide bonds. The van der Waals surface area contributed by atoms with Crippen LogP contribution in [0.5, 0.6) is 0 Å². The Balaban J connectivity index is 2.70. The number of nitrogens with zero attached hydrogens (tertiary/aromatic N) is 1. The van der Waals surface area contributed by atoms with Crippen LogP contribution in [0.1, 0.15) is 38.8 Å². The van der Waals surface area contributed by atoms with Crippen LogP contribution in [0.15, 0.2) is 42.0 Å². The van der Waals surface area contributed by atoms with E-state index in [4.69, 9.17) is 12.2 Å². The fraction of sp³-hybridized carbons (Fsp3) is 0.375. The van der Waals surface area contributed by atoms with Crippen molar-refractivity contribution in [2.24, 2.45) is 5.10 Å². The fourth-order valence-corrected chi connectivity index (χ4v) is 1.74. The maximum absolute atomic E-state index is 5.08. The minimum absolute atomic E-state index is 0.165. The van der Waals surface area contributed by atoms with Crippen molar-refractivity contribution in [1.82, 2.24) is 10.7 Å². The lowest BCUT2D eigenvalue weighted by Crippen LogP contribution is -2.32. The van der Waals surface area contributed by atoms with Gasteiger partial charge in [0.25, 0.3) is 0 Å². The highest BCUT2D eigenvalue weighted by Crippen LogP contribution is 2.22. The number of thiocarbonyl (C=S) groups is 1. The highest BCUT2D eigenvalue weighted by molar-refractivity contribution is 7.80. The third-order valence-electron chi connectivity index (χ3n) is 2.90. The van der Waals surface area contributed by atoms with E-state index in [0.717, 1.165) is 11.3 Å². The molecular formula is C16H23N3S. The van der Waals surface area contributed by atoms with E-state index in [0.29, 0.717) is 11.7 Å². The quantitative estimate of drug-likeness (QED) is 0.386. The average Bonchev–Trinajstić information content (AvgIpc) is 2.41. The van der Waals surface area contributed by atoms with Gasteiger partial charge in [-0.1, -0.05) is 51.1 Å². The molecule has 0 spiro atoms. The van der Waals surface area contributed by atoms with Gasteiger partial charge in [0, 0.05) is 6.54 Å². The molecule has 0 aromatic heterocycles. The fourth-order valence-electron chi connectivity index (χ4n) is 1.61. The summed E-state index contributed by atoms with van der Waals surface area (Å²) in [6.07, 6.45) is 1.75. The maximum atomic E-state index is 5.08. The molecule has 1 aromatic carbocycles. The molecule has 2 N–H and O–H groups in total. The van der Waals surface area contributed by atoms with E-state index in [1.54, 1.807) is 6.08 Å². The van der Waals surface area contributed by atoms with E-state index >= 15 is 0 Å². The van der Waals surface area contributed by atoms with E-state index in [9.17, 15) is 0 Å². The Morgan fingerprint density at radius 2 is 1.90 bits per heavy atom. The predicted octanol–water partition coefficient (Wildman–Crippen LogP) is 3.36. The number of hydrogen-bond donors (Lipinski definition) is 2. The molecule has 0 bridgehead atoms. The maximum Gasteiger partial charge on any atom is 0.187 e. The molecule has 0 fully saturated rings. The van der Waals surface area contributed by atoms with E-state index in [2.05, 4.69) is 67.5 Å². The summed E-state index contributed by atoms with van der Waals surface area (Å²) in [5, 5.41) is 7.73. The van der Waals surface area contributed by atoms with Crippen molar-refractivity contribution in [1.29, 1.82) is 0 Å². The molecule has 0 saturated heterocycles. The molecule has 1 aromatic rings. The first kappa shape index (κ1) is 16.4. The van der Waals surface area contributed by atoms with Crippen LogP contribution in [-0.4, -0.2) is 17.4 Å². The van der Waals surface area contributed by atoms with Crippen LogP contribution in [0.3, 0.4) is 0 Å². The van der Waals surface area contributed by atoms with Gasteiger partial charge in [0.2, 0.25) is 0 Å². The van der Waals surface area contributed by atoms with Crippen LogP contribution < -0.4 is 10.7 Å². The van der Waals surface area contributed by atoms with Gasteiger partial charge in [0.1, 0.15) is 0 Å². The molecule has 0 aliphatic rings. The van der Waals surface area contributed by atoms with Crippen LogP contribution in [0.2, 0.25) is 0 Å². The predicted molar refractivity (Wildman–Crippen MR) is 91.3 cm³/mol. The normalized spacial score (nSPS) is 11.9. The first-order valence-electron chi connectivity index (χ1n) is 6.64. The van der Waals surface area contributed by atoms with Gasteiger partial charge in [-0.05, 0) is 35.7 Å². The topological polar surface area (TPSA) is 36.4 Å². The van der Waals surface area contributed by atoms with Gasteiger partial charge in [-0.2, -0.15) is 5.10 Å². The number of hydrogen-bond acceptors (Lipinski definition) is 2. The van der Waals surface area contributed by atoms with Crippen LogP contribution in [-0.2, 0) is 5.41 Å². The molecule has 4 heteroatoms. The molecule has 20 heavy (non-hydrogen) atoms. The first-order chi connectivity index (χ1) is 9.34. The van der Waals surface area contributed by atoms with Crippen LogP contribution in [0.4, 0.5) is 0 Å². The Morgan fingerprint density at radius 1 is 1.30 bits per heavy atom. The molecule has 3 nitrogen and oxygen atoms in total. The molecule has 0 saturated carbocycles. The number of benzene rings is 1.